The summed E-state index contributed by atoms with van der Waals surface area (Å²) in [5.41, 5.74) is 0.788. The summed E-state index contributed by atoms with van der Waals surface area (Å²) < 4.78 is 11.0. The molecule has 134 valence electrons. The van der Waals surface area contributed by atoms with Crippen LogP contribution in [0.3, 0.4) is 0 Å². The molecule has 0 aliphatic heterocycles. The molecular formula is C20H30O4. The second-order valence-electron chi connectivity index (χ2n) is 7.69. The molecule has 0 aromatic rings. The van der Waals surface area contributed by atoms with Gasteiger partial charge in [0.05, 0.1) is 13.2 Å². The maximum absolute atomic E-state index is 11.9. The van der Waals surface area contributed by atoms with E-state index < -0.39 is 0 Å². The first-order valence-corrected chi connectivity index (χ1v) is 8.99. The van der Waals surface area contributed by atoms with Crippen LogP contribution in [0.5, 0.6) is 0 Å². The molecule has 2 bridgehead atoms. The molecule has 0 spiro atoms. The summed E-state index contributed by atoms with van der Waals surface area (Å²) in [6.45, 7) is 11.4. The normalized spacial score (nSPS) is 29.2. The fraction of sp³-hybridized carbons (Fsp3) is 0.700. The van der Waals surface area contributed by atoms with Gasteiger partial charge < -0.3 is 9.47 Å². The van der Waals surface area contributed by atoms with Gasteiger partial charge in [0.2, 0.25) is 0 Å². The van der Waals surface area contributed by atoms with E-state index in [2.05, 4.69) is 13.2 Å². The monoisotopic (exact) mass is 334 g/mol. The van der Waals surface area contributed by atoms with E-state index in [-0.39, 0.29) is 23.3 Å². The lowest BCUT2D eigenvalue weighted by molar-refractivity contribution is -0.149. The summed E-state index contributed by atoms with van der Waals surface area (Å²) >= 11 is 0. The number of hydrogen-bond acceptors (Lipinski definition) is 4. The van der Waals surface area contributed by atoms with Crippen LogP contribution in [0.1, 0.15) is 58.8 Å². The Morgan fingerprint density at radius 3 is 2.29 bits per heavy atom. The predicted molar refractivity (Wildman–Crippen MR) is 93.3 cm³/mol. The SMILES string of the molecule is C=C(C)C(=O)OCC1CCCCC2CCC1(COC(=O)C(=C)C)C2. The molecule has 0 amide bonds. The largest absolute Gasteiger partial charge is 0.462 e. The zero-order chi connectivity index (χ0) is 17.7. The number of fused-ring (bicyclic) bond motifs is 2. The van der Waals surface area contributed by atoms with E-state index in [1.807, 2.05) is 0 Å². The lowest BCUT2D eigenvalue weighted by Crippen LogP contribution is -2.38. The molecule has 24 heavy (non-hydrogen) atoms. The Hall–Kier alpha value is -1.58. The van der Waals surface area contributed by atoms with Gasteiger partial charge in [-0.1, -0.05) is 32.4 Å². The molecule has 2 saturated carbocycles. The molecule has 0 radical (unpaired) electrons. The smallest absolute Gasteiger partial charge is 0.333 e. The number of carbonyl (C=O) groups is 2. The van der Waals surface area contributed by atoms with Crippen molar-refractivity contribution in [3.05, 3.63) is 24.3 Å². The minimum atomic E-state index is -0.333. The zero-order valence-corrected chi connectivity index (χ0v) is 15.1. The highest BCUT2D eigenvalue weighted by Gasteiger charge is 2.47. The molecule has 0 aromatic heterocycles. The van der Waals surface area contributed by atoms with Crippen LogP contribution in [-0.2, 0) is 19.1 Å². The summed E-state index contributed by atoms with van der Waals surface area (Å²) in [5, 5.41) is 0. The van der Waals surface area contributed by atoms with Gasteiger partial charge in [-0.15, -0.1) is 0 Å². The third-order valence-electron chi connectivity index (χ3n) is 5.63. The van der Waals surface area contributed by atoms with E-state index in [1.165, 1.54) is 19.3 Å². The van der Waals surface area contributed by atoms with Gasteiger partial charge in [-0.25, -0.2) is 9.59 Å². The van der Waals surface area contributed by atoms with Crippen LogP contribution in [0.15, 0.2) is 24.3 Å². The second-order valence-corrected chi connectivity index (χ2v) is 7.69. The fourth-order valence-electron chi connectivity index (χ4n) is 4.16. The maximum Gasteiger partial charge on any atom is 0.333 e. The highest BCUT2D eigenvalue weighted by Crippen LogP contribution is 2.52. The van der Waals surface area contributed by atoms with Gasteiger partial charge >= 0.3 is 11.9 Å². The van der Waals surface area contributed by atoms with E-state index in [1.54, 1.807) is 13.8 Å². The zero-order valence-electron chi connectivity index (χ0n) is 15.1. The van der Waals surface area contributed by atoms with Crippen molar-refractivity contribution in [3.63, 3.8) is 0 Å². The van der Waals surface area contributed by atoms with Crippen LogP contribution in [0.4, 0.5) is 0 Å². The van der Waals surface area contributed by atoms with Crippen molar-refractivity contribution in [2.75, 3.05) is 13.2 Å². The first-order valence-electron chi connectivity index (χ1n) is 8.99. The van der Waals surface area contributed by atoms with Gasteiger partial charge in [0.1, 0.15) is 0 Å². The van der Waals surface area contributed by atoms with E-state index in [0.717, 1.165) is 25.7 Å². The Morgan fingerprint density at radius 1 is 1.00 bits per heavy atom. The van der Waals surface area contributed by atoms with Gasteiger partial charge in [0, 0.05) is 22.5 Å². The Kier molecular flexibility index (Phi) is 6.25. The van der Waals surface area contributed by atoms with Crippen molar-refractivity contribution in [1.29, 1.82) is 0 Å². The summed E-state index contributed by atoms with van der Waals surface area (Å²) in [7, 11) is 0. The molecule has 0 aromatic carbocycles. The van der Waals surface area contributed by atoms with Crippen molar-refractivity contribution >= 4 is 11.9 Å². The van der Waals surface area contributed by atoms with Crippen LogP contribution in [0.25, 0.3) is 0 Å². The lowest BCUT2D eigenvalue weighted by atomic mass is 9.70. The van der Waals surface area contributed by atoms with Gasteiger partial charge in [-0.3, -0.25) is 0 Å². The minimum Gasteiger partial charge on any atom is -0.462 e. The summed E-state index contributed by atoms with van der Waals surface area (Å²) in [5.74, 6) is 0.283. The molecule has 2 aliphatic carbocycles. The first-order chi connectivity index (χ1) is 11.3. The molecule has 0 N–H and O–H groups in total. The summed E-state index contributed by atoms with van der Waals surface area (Å²) in [6.07, 6.45) is 7.92. The quantitative estimate of drug-likeness (QED) is 0.539. The molecule has 3 atom stereocenters. The van der Waals surface area contributed by atoms with Crippen LogP contribution < -0.4 is 0 Å². The third kappa shape index (κ3) is 4.49. The van der Waals surface area contributed by atoms with Gasteiger partial charge in [0.25, 0.3) is 0 Å². The molecule has 4 heteroatoms. The van der Waals surface area contributed by atoms with Crippen molar-refractivity contribution in [2.45, 2.75) is 58.8 Å². The van der Waals surface area contributed by atoms with Crippen LogP contribution >= 0.6 is 0 Å². The molecule has 0 heterocycles. The topological polar surface area (TPSA) is 52.6 Å². The van der Waals surface area contributed by atoms with E-state index in [4.69, 9.17) is 9.47 Å². The van der Waals surface area contributed by atoms with Crippen molar-refractivity contribution in [2.24, 2.45) is 17.3 Å². The van der Waals surface area contributed by atoms with Crippen molar-refractivity contribution < 1.29 is 19.1 Å². The van der Waals surface area contributed by atoms with Crippen LogP contribution in [0, 0.1) is 17.3 Å². The molecular weight excluding hydrogens is 304 g/mol. The van der Waals surface area contributed by atoms with Gasteiger partial charge in [0.15, 0.2) is 0 Å². The lowest BCUT2D eigenvalue weighted by Gasteiger charge is -2.38. The number of esters is 2. The first kappa shape index (κ1) is 18.8. The molecule has 2 fully saturated rings. The maximum atomic E-state index is 11.9. The highest BCUT2D eigenvalue weighted by molar-refractivity contribution is 5.87. The highest BCUT2D eigenvalue weighted by atomic mass is 16.5. The van der Waals surface area contributed by atoms with Gasteiger partial charge in [-0.05, 0) is 45.4 Å². The number of rotatable bonds is 6. The van der Waals surface area contributed by atoms with Crippen molar-refractivity contribution in [1.82, 2.24) is 0 Å². The number of carbonyl (C=O) groups excluding carboxylic acids is 2. The van der Waals surface area contributed by atoms with E-state index >= 15 is 0 Å². The Morgan fingerprint density at radius 2 is 1.62 bits per heavy atom. The summed E-state index contributed by atoms with van der Waals surface area (Å²) in [6, 6.07) is 0. The third-order valence-corrected chi connectivity index (χ3v) is 5.63. The van der Waals surface area contributed by atoms with Gasteiger partial charge in [-0.2, -0.15) is 0 Å². The Labute approximate surface area is 145 Å². The molecule has 3 unspecified atom stereocenters. The van der Waals surface area contributed by atoms with E-state index in [9.17, 15) is 9.59 Å². The number of ether oxygens (including phenoxy) is 2. The van der Waals surface area contributed by atoms with Crippen molar-refractivity contribution in [3.8, 4) is 0 Å². The molecule has 2 aliphatic rings. The minimum absolute atomic E-state index is 0.0639. The van der Waals surface area contributed by atoms with Crippen LogP contribution in [0.2, 0.25) is 0 Å². The van der Waals surface area contributed by atoms with Crippen LogP contribution in [-0.4, -0.2) is 25.2 Å². The standard InChI is InChI=1S/C20H30O4/c1-14(2)18(21)23-12-17-8-6-5-7-16-9-10-20(17,11-16)13-24-19(22)15(3)4/h16-17H,1,3,5-13H2,2,4H3. The average Bonchev–Trinajstić information content (AvgIpc) is 2.96. The molecule has 4 nitrogen and oxygen atoms in total. The molecule has 2 rings (SSSR count). The Bertz CT molecular complexity index is 522. The predicted octanol–water partition coefficient (Wildman–Crippen LogP) is 4.20. The number of hydrogen-bond donors (Lipinski definition) is 0. The fourth-order valence-corrected chi connectivity index (χ4v) is 4.16. The Balaban J connectivity index is 2.09. The average molecular weight is 334 g/mol. The molecule has 0 saturated heterocycles. The summed E-state index contributed by atoms with van der Waals surface area (Å²) in [4.78, 5) is 23.6. The second kappa shape index (κ2) is 8.00. The van der Waals surface area contributed by atoms with E-state index in [0.29, 0.717) is 30.3 Å².